The maximum atomic E-state index is 14.5. The molecule has 5 rings (SSSR count). The lowest BCUT2D eigenvalue weighted by molar-refractivity contribution is 0.0342. The van der Waals surface area contributed by atoms with Gasteiger partial charge in [0.05, 0.1) is 19.4 Å². The fourth-order valence-electron chi connectivity index (χ4n) is 3.98. The first-order chi connectivity index (χ1) is 16.1. The first-order valence-corrected chi connectivity index (χ1v) is 10.7. The molecule has 1 aliphatic heterocycles. The van der Waals surface area contributed by atoms with E-state index in [9.17, 15) is 4.39 Å². The molecule has 0 radical (unpaired) electrons. The minimum Gasteiger partial charge on any atom is -0.379 e. The Morgan fingerprint density at radius 2 is 1.97 bits per heavy atom. The largest absolute Gasteiger partial charge is 0.379 e. The van der Waals surface area contributed by atoms with Crippen molar-refractivity contribution >= 4 is 22.5 Å². The summed E-state index contributed by atoms with van der Waals surface area (Å²) in [6.07, 6.45) is 10.8. The number of aromatic nitrogens is 4. The molecule has 2 aromatic carbocycles. The smallest absolute Gasteiger partial charge is 0.227 e. The van der Waals surface area contributed by atoms with E-state index in [4.69, 9.17) is 11.2 Å². The first kappa shape index (κ1) is 21.1. The Bertz CT molecular complexity index is 1350. The van der Waals surface area contributed by atoms with Gasteiger partial charge in [0.15, 0.2) is 5.82 Å². The van der Waals surface area contributed by atoms with Crippen molar-refractivity contribution in [2.75, 3.05) is 31.6 Å². The Hall–Kier alpha value is -3.80. The third kappa shape index (κ3) is 4.70. The highest BCUT2D eigenvalue weighted by Gasteiger charge is 2.14. The van der Waals surface area contributed by atoms with E-state index in [1.807, 2.05) is 25.5 Å². The molecule has 8 heteroatoms. The van der Waals surface area contributed by atoms with Crippen molar-refractivity contribution in [3.8, 4) is 23.5 Å². The van der Waals surface area contributed by atoms with E-state index < -0.39 is 5.82 Å². The Kier molecular flexibility index (Phi) is 5.73. The number of hydrogen-bond acceptors (Lipinski definition) is 6. The summed E-state index contributed by atoms with van der Waals surface area (Å²) in [4.78, 5) is 11.1. The number of ether oxygens (including phenoxy) is 1. The van der Waals surface area contributed by atoms with Gasteiger partial charge >= 0.3 is 0 Å². The summed E-state index contributed by atoms with van der Waals surface area (Å²) in [5, 5.41) is 8.11. The van der Waals surface area contributed by atoms with Crippen molar-refractivity contribution in [1.82, 2.24) is 24.6 Å². The van der Waals surface area contributed by atoms with E-state index in [0.717, 1.165) is 55.2 Å². The molecule has 0 amide bonds. The predicted molar refractivity (Wildman–Crippen MR) is 125 cm³/mol. The van der Waals surface area contributed by atoms with Crippen molar-refractivity contribution in [2.24, 2.45) is 7.05 Å². The zero-order valence-corrected chi connectivity index (χ0v) is 18.3. The number of nitrogens with one attached hydrogen (secondary N) is 1. The number of aryl methyl sites for hydroxylation is 1. The first-order valence-electron chi connectivity index (χ1n) is 10.7. The maximum Gasteiger partial charge on any atom is 0.227 e. The van der Waals surface area contributed by atoms with Gasteiger partial charge in [-0.05, 0) is 41.5 Å². The number of fused-ring (bicyclic) bond motifs is 1. The summed E-state index contributed by atoms with van der Waals surface area (Å²) < 4.78 is 21.8. The van der Waals surface area contributed by atoms with Crippen LogP contribution in [0.3, 0.4) is 0 Å². The lowest BCUT2D eigenvalue weighted by Crippen LogP contribution is -2.35. The van der Waals surface area contributed by atoms with Gasteiger partial charge in [0.2, 0.25) is 5.95 Å². The number of rotatable bonds is 5. The van der Waals surface area contributed by atoms with Gasteiger partial charge in [0, 0.05) is 61.3 Å². The third-order valence-corrected chi connectivity index (χ3v) is 5.60. The summed E-state index contributed by atoms with van der Waals surface area (Å²) in [5.41, 5.74) is 4.69. The van der Waals surface area contributed by atoms with Gasteiger partial charge in [-0.25, -0.2) is 14.4 Å². The Balaban J connectivity index is 1.49. The summed E-state index contributed by atoms with van der Waals surface area (Å²) >= 11 is 0. The van der Waals surface area contributed by atoms with E-state index >= 15 is 0 Å². The van der Waals surface area contributed by atoms with Crippen LogP contribution in [0.5, 0.6) is 0 Å². The molecule has 0 spiro atoms. The average Bonchev–Trinajstić information content (AvgIpc) is 3.26. The molecule has 1 N–H and O–H groups in total. The summed E-state index contributed by atoms with van der Waals surface area (Å²) in [7, 11) is 1.89. The van der Waals surface area contributed by atoms with Gasteiger partial charge in [0.25, 0.3) is 0 Å². The second-order valence-corrected chi connectivity index (χ2v) is 8.07. The number of halogens is 1. The van der Waals surface area contributed by atoms with E-state index in [2.05, 4.69) is 43.3 Å². The molecule has 33 heavy (non-hydrogen) atoms. The fraction of sp³-hybridized carbons (Fsp3) is 0.240. The molecule has 0 aliphatic carbocycles. The normalized spacial score (nSPS) is 14.3. The Morgan fingerprint density at radius 3 is 2.73 bits per heavy atom. The minimum absolute atomic E-state index is 0.225. The maximum absolute atomic E-state index is 14.5. The van der Waals surface area contributed by atoms with Crippen molar-refractivity contribution in [1.29, 1.82) is 0 Å². The van der Waals surface area contributed by atoms with Gasteiger partial charge < -0.3 is 10.1 Å². The van der Waals surface area contributed by atoms with E-state index in [1.165, 1.54) is 6.07 Å². The molecular weight excluding hydrogens is 419 g/mol. The average molecular weight is 442 g/mol. The van der Waals surface area contributed by atoms with Crippen LogP contribution in [-0.2, 0) is 18.3 Å². The monoisotopic (exact) mass is 442 g/mol. The van der Waals surface area contributed by atoms with Crippen LogP contribution in [0.25, 0.3) is 22.0 Å². The van der Waals surface area contributed by atoms with Gasteiger partial charge in [-0.15, -0.1) is 6.42 Å². The van der Waals surface area contributed by atoms with Crippen LogP contribution < -0.4 is 5.32 Å². The van der Waals surface area contributed by atoms with Crippen LogP contribution in [-0.4, -0.2) is 51.0 Å². The van der Waals surface area contributed by atoms with Crippen LogP contribution in [0, 0.1) is 18.2 Å². The second-order valence-electron chi connectivity index (χ2n) is 8.07. The fourth-order valence-corrected chi connectivity index (χ4v) is 3.98. The van der Waals surface area contributed by atoms with Crippen molar-refractivity contribution < 1.29 is 9.13 Å². The van der Waals surface area contributed by atoms with Crippen molar-refractivity contribution in [3.05, 3.63) is 65.9 Å². The van der Waals surface area contributed by atoms with Crippen LogP contribution in [0.15, 0.2) is 48.9 Å². The van der Waals surface area contributed by atoms with E-state index in [-0.39, 0.29) is 5.52 Å². The number of anilines is 2. The standard InChI is InChI=1S/C25H23FN6O/c1-3-17-8-20-13-27-25(30-24(20)23(26)11-17)29-22-10-18(15-32-4-6-33-7-5-32)9-19(12-22)21-14-28-31(2)16-21/h1,8-14,16H,4-7,15H2,2H3,(H,27,29,30). The Morgan fingerprint density at radius 1 is 1.12 bits per heavy atom. The minimum atomic E-state index is -0.469. The molecule has 2 aromatic heterocycles. The molecule has 1 saturated heterocycles. The summed E-state index contributed by atoms with van der Waals surface area (Å²) in [6, 6.07) is 9.26. The number of hydrogen-bond donors (Lipinski definition) is 1. The third-order valence-electron chi connectivity index (χ3n) is 5.60. The summed E-state index contributed by atoms with van der Waals surface area (Å²) in [6.45, 7) is 4.07. The van der Waals surface area contributed by atoms with Gasteiger partial charge in [-0.2, -0.15) is 5.10 Å². The molecule has 7 nitrogen and oxygen atoms in total. The lowest BCUT2D eigenvalue weighted by Gasteiger charge is -2.27. The quantitative estimate of drug-likeness (QED) is 0.475. The molecule has 1 fully saturated rings. The van der Waals surface area contributed by atoms with Gasteiger partial charge in [-0.3, -0.25) is 9.58 Å². The van der Waals surface area contributed by atoms with Gasteiger partial charge in [0.1, 0.15) is 5.52 Å². The lowest BCUT2D eigenvalue weighted by atomic mass is 10.0. The SMILES string of the molecule is C#Cc1cc(F)c2nc(Nc3cc(CN4CCOCC4)cc(-c4cnn(C)c4)c3)ncc2c1. The van der Waals surface area contributed by atoms with Crippen molar-refractivity contribution in [3.63, 3.8) is 0 Å². The molecule has 4 aromatic rings. The van der Waals surface area contributed by atoms with E-state index in [1.54, 1.807) is 16.9 Å². The molecule has 0 atom stereocenters. The highest BCUT2D eigenvalue weighted by Crippen LogP contribution is 2.27. The molecule has 0 saturated carbocycles. The molecule has 0 unspecified atom stereocenters. The van der Waals surface area contributed by atoms with Gasteiger partial charge in [-0.1, -0.05) is 5.92 Å². The predicted octanol–water partition coefficient (Wildman–Crippen LogP) is 3.73. The zero-order chi connectivity index (χ0) is 22.8. The molecule has 0 bridgehead atoms. The van der Waals surface area contributed by atoms with E-state index in [0.29, 0.717) is 16.9 Å². The number of morpholine rings is 1. The van der Waals surface area contributed by atoms with Crippen molar-refractivity contribution in [2.45, 2.75) is 6.54 Å². The topological polar surface area (TPSA) is 68.1 Å². The zero-order valence-electron chi connectivity index (χ0n) is 18.3. The highest BCUT2D eigenvalue weighted by molar-refractivity contribution is 5.81. The molecular formula is C25H23FN6O. The summed E-state index contributed by atoms with van der Waals surface area (Å²) in [5.74, 6) is 2.29. The van der Waals surface area contributed by atoms with Crippen LogP contribution in [0.4, 0.5) is 16.0 Å². The van der Waals surface area contributed by atoms with Crippen LogP contribution in [0.2, 0.25) is 0 Å². The number of benzene rings is 2. The second kappa shape index (κ2) is 8.98. The molecule has 166 valence electrons. The molecule has 3 heterocycles. The Labute approximate surface area is 191 Å². The molecule has 1 aliphatic rings. The number of nitrogens with zero attached hydrogens (tertiary/aromatic N) is 5. The number of terminal acetylenes is 1. The van der Waals surface area contributed by atoms with Crippen LogP contribution in [0.1, 0.15) is 11.1 Å². The van der Waals surface area contributed by atoms with Crippen LogP contribution >= 0.6 is 0 Å². The highest BCUT2D eigenvalue weighted by atomic mass is 19.1.